The number of hydrogen-bond donors (Lipinski definition) is 1. The molecular weight excluding hydrogens is 392 g/mol. The predicted octanol–water partition coefficient (Wildman–Crippen LogP) is 3.10. The molecule has 29 heavy (non-hydrogen) atoms. The van der Waals surface area contributed by atoms with Gasteiger partial charge in [-0.15, -0.1) is 0 Å². The van der Waals surface area contributed by atoms with Crippen molar-refractivity contribution in [2.24, 2.45) is 7.05 Å². The Balaban J connectivity index is 1.52. The second-order valence-electron chi connectivity index (χ2n) is 7.47. The number of hydrogen-bond acceptors (Lipinski definition) is 6. The van der Waals surface area contributed by atoms with Gasteiger partial charge in [-0.25, -0.2) is 18.2 Å². The van der Waals surface area contributed by atoms with Crippen LogP contribution in [0.15, 0.2) is 50.6 Å². The topological polar surface area (TPSA) is 97.4 Å². The van der Waals surface area contributed by atoms with Crippen LogP contribution in [0.1, 0.15) is 32.1 Å². The molecule has 1 aliphatic rings. The van der Waals surface area contributed by atoms with E-state index in [-0.39, 0.29) is 10.5 Å². The summed E-state index contributed by atoms with van der Waals surface area (Å²) in [4.78, 5) is 18.2. The molecule has 1 N–H and O–H groups in total. The minimum absolute atomic E-state index is 0.0164. The zero-order valence-corrected chi connectivity index (χ0v) is 17.3. The van der Waals surface area contributed by atoms with Gasteiger partial charge in [0.25, 0.3) is 10.0 Å². The zero-order chi connectivity index (χ0) is 20.6. The van der Waals surface area contributed by atoms with Crippen molar-refractivity contribution in [3.63, 3.8) is 0 Å². The van der Waals surface area contributed by atoms with Crippen LogP contribution in [0.4, 0.5) is 11.5 Å². The lowest BCUT2D eigenvalue weighted by atomic mass is 9.94. The summed E-state index contributed by atoms with van der Waals surface area (Å²) in [6.45, 7) is 0. The van der Waals surface area contributed by atoms with Gasteiger partial charge >= 0.3 is 5.76 Å². The molecule has 4 rings (SSSR count). The van der Waals surface area contributed by atoms with Crippen molar-refractivity contribution in [2.45, 2.75) is 43.0 Å². The lowest BCUT2D eigenvalue weighted by Crippen LogP contribution is -2.33. The molecule has 1 saturated carbocycles. The average molecular weight is 417 g/mol. The molecule has 9 heteroatoms. The van der Waals surface area contributed by atoms with Crippen molar-refractivity contribution < 1.29 is 12.8 Å². The standard InChI is InChI=1S/C20H24N4O4S/c1-23(15-6-4-3-5-7-15)19-11-8-14(13-21-19)22-29(26,27)16-9-10-17-18(12-16)28-20(25)24(17)2/h8-13,15,22H,3-7H2,1-2H3. The minimum Gasteiger partial charge on any atom is -0.408 e. The van der Waals surface area contributed by atoms with Gasteiger partial charge < -0.3 is 9.32 Å². The summed E-state index contributed by atoms with van der Waals surface area (Å²) in [6, 6.07) is 8.35. The Bertz CT molecular complexity index is 1180. The maximum Gasteiger partial charge on any atom is 0.419 e. The third-order valence-corrected chi connectivity index (χ3v) is 6.94. The minimum atomic E-state index is -3.84. The van der Waals surface area contributed by atoms with E-state index in [0.717, 1.165) is 18.7 Å². The Hall–Kier alpha value is -2.81. The van der Waals surface area contributed by atoms with E-state index in [0.29, 0.717) is 17.2 Å². The van der Waals surface area contributed by atoms with E-state index < -0.39 is 15.8 Å². The molecule has 3 aromatic rings. The monoisotopic (exact) mass is 416 g/mol. The maximum absolute atomic E-state index is 12.7. The highest BCUT2D eigenvalue weighted by atomic mass is 32.2. The Morgan fingerprint density at radius 3 is 2.62 bits per heavy atom. The molecule has 0 bridgehead atoms. The molecule has 0 amide bonds. The molecule has 1 aliphatic carbocycles. The molecule has 0 saturated heterocycles. The number of oxazole rings is 1. The van der Waals surface area contributed by atoms with Gasteiger partial charge in [0.2, 0.25) is 0 Å². The first-order chi connectivity index (χ1) is 13.8. The number of pyridine rings is 1. The van der Waals surface area contributed by atoms with Gasteiger partial charge in [0.05, 0.1) is 22.3 Å². The molecule has 2 aromatic heterocycles. The largest absolute Gasteiger partial charge is 0.419 e. The van der Waals surface area contributed by atoms with Crippen LogP contribution in [0.5, 0.6) is 0 Å². The molecule has 2 heterocycles. The normalized spacial score (nSPS) is 15.5. The van der Waals surface area contributed by atoms with Gasteiger partial charge in [0.15, 0.2) is 5.58 Å². The van der Waals surface area contributed by atoms with Crippen molar-refractivity contribution in [1.82, 2.24) is 9.55 Å². The second kappa shape index (κ2) is 7.55. The van der Waals surface area contributed by atoms with Crippen molar-refractivity contribution in [3.05, 3.63) is 47.1 Å². The Morgan fingerprint density at radius 1 is 1.17 bits per heavy atom. The number of benzene rings is 1. The third-order valence-electron chi connectivity index (χ3n) is 5.56. The Labute approximate surface area is 169 Å². The summed E-state index contributed by atoms with van der Waals surface area (Å²) in [5, 5.41) is 0. The van der Waals surface area contributed by atoms with E-state index in [2.05, 4.69) is 14.6 Å². The number of rotatable bonds is 5. The third kappa shape index (κ3) is 3.87. The van der Waals surface area contributed by atoms with Crippen molar-refractivity contribution >= 4 is 32.6 Å². The SMILES string of the molecule is CN(c1ccc(NS(=O)(=O)c2ccc3c(c2)oc(=O)n3C)cn1)C1CCCCC1. The molecule has 0 atom stereocenters. The van der Waals surface area contributed by atoms with Crippen molar-refractivity contribution in [3.8, 4) is 0 Å². The summed E-state index contributed by atoms with van der Waals surface area (Å²) in [5.41, 5.74) is 1.13. The number of anilines is 2. The van der Waals surface area contributed by atoms with E-state index in [4.69, 9.17) is 4.42 Å². The average Bonchev–Trinajstić information content (AvgIpc) is 3.01. The van der Waals surface area contributed by atoms with Gasteiger partial charge in [-0.2, -0.15) is 0 Å². The first kappa shape index (κ1) is 19.5. The van der Waals surface area contributed by atoms with Crippen LogP contribution in [0.2, 0.25) is 0 Å². The van der Waals surface area contributed by atoms with Crippen LogP contribution in [0.3, 0.4) is 0 Å². The van der Waals surface area contributed by atoms with E-state index in [9.17, 15) is 13.2 Å². The highest BCUT2D eigenvalue weighted by molar-refractivity contribution is 7.92. The lowest BCUT2D eigenvalue weighted by Gasteiger charge is -2.32. The molecular formula is C20H24N4O4S. The molecule has 1 fully saturated rings. The van der Waals surface area contributed by atoms with Gasteiger partial charge in [0.1, 0.15) is 5.82 Å². The fraction of sp³-hybridized carbons (Fsp3) is 0.400. The van der Waals surface area contributed by atoms with Crippen LogP contribution in [0.25, 0.3) is 11.1 Å². The van der Waals surface area contributed by atoms with E-state index >= 15 is 0 Å². The van der Waals surface area contributed by atoms with Crippen molar-refractivity contribution in [2.75, 3.05) is 16.7 Å². The first-order valence-electron chi connectivity index (χ1n) is 9.66. The molecule has 0 radical (unpaired) electrons. The predicted molar refractivity (Wildman–Crippen MR) is 112 cm³/mol. The molecule has 8 nitrogen and oxygen atoms in total. The van der Waals surface area contributed by atoms with Crippen LogP contribution >= 0.6 is 0 Å². The summed E-state index contributed by atoms with van der Waals surface area (Å²) in [7, 11) is -0.236. The summed E-state index contributed by atoms with van der Waals surface area (Å²) >= 11 is 0. The van der Waals surface area contributed by atoms with E-state index in [1.54, 1.807) is 19.2 Å². The van der Waals surface area contributed by atoms with Gasteiger partial charge in [-0.1, -0.05) is 19.3 Å². The number of nitrogens with one attached hydrogen (secondary N) is 1. The smallest absolute Gasteiger partial charge is 0.408 e. The number of fused-ring (bicyclic) bond motifs is 1. The van der Waals surface area contributed by atoms with E-state index in [1.165, 1.54) is 42.2 Å². The number of aromatic nitrogens is 2. The molecule has 0 aliphatic heterocycles. The second-order valence-corrected chi connectivity index (χ2v) is 9.15. The molecule has 154 valence electrons. The van der Waals surface area contributed by atoms with Gasteiger partial charge in [0, 0.05) is 26.2 Å². The number of nitrogens with zero attached hydrogens (tertiary/aromatic N) is 3. The highest BCUT2D eigenvalue weighted by Gasteiger charge is 2.20. The summed E-state index contributed by atoms with van der Waals surface area (Å²) < 4.78 is 34.4. The number of aryl methyl sites for hydroxylation is 1. The Kier molecular flexibility index (Phi) is 5.08. The van der Waals surface area contributed by atoms with Gasteiger partial charge in [-0.05, 0) is 37.1 Å². The van der Waals surface area contributed by atoms with Crippen LogP contribution in [0, 0.1) is 0 Å². The molecule has 0 unspecified atom stereocenters. The fourth-order valence-corrected chi connectivity index (χ4v) is 4.86. The Morgan fingerprint density at radius 2 is 1.93 bits per heavy atom. The first-order valence-corrected chi connectivity index (χ1v) is 11.1. The highest BCUT2D eigenvalue weighted by Crippen LogP contribution is 2.26. The van der Waals surface area contributed by atoms with Gasteiger partial charge in [-0.3, -0.25) is 9.29 Å². The van der Waals surface area contributed by atoms with E-state index in [1.807, 2.05) is 13.1 Å². The van der Waals surface area contributed by atoms with Crippen LogP contribution in [-0.2, 0) is 17.1 Å². The van der Waals surface area contributed by atoms with Crippen LogP contribution < -0.4 is 15.4 Å². The zero-order valence-electron chi connectivity index (χ0n) is 16.5. The molecule has 0 spiro atoms. The lowest BCUT2D eigenvalue weighted by molar-refractivity contribution is 0.426. The maximum atomic E-state index is 12.7. The van der Waals surface area contributed by atoms with Crippen LogP contribution in [-0.4, -0.2) is 31.1 Å². The molecule has 1 aromatic carbocycles. The van der Waals surface area contributed by atoms with Crippen molar-refractivity contribution in [1.29, 1.82) is 0 Å². The quantitative estimate of drug-likeness (QED) is 0.686. The summed E-state index contributed by atoms with van der Waals surface area (Å²) in [6.07, 6.45) is 7.59. The summed E-state index contributed by atoms with van der Waals surface area (Å²) in [5.74, 6) is 0.289. The number of sulfonamides is 1. The fourth-order valence-electron chi connectivity index (χ4n) is 3.81.